The summed E-state index contributed by atoms with van der Waals surface area (Å²) in [6.45, 7) is 5.00. The van der Waals surface area contributed by atoms with Gasteiger partial charge in [-0.2, -0.15) is 0 Å². The van der Waals surface area contributed by atoms with Gasteiger partial charge in [0.2, 0.25) is 0 Å². The minimum atomic E-state index is -1.04. The molecule has 2 atom stereocenters. The van der Waals surface area contributed by atoms with Crippen LogP contribution in [0.1, 0.15) is 33.1 Å². The maximum Gasteiger partial charge on any atom is 0.312 e. The summed E-state index contributed by atoms with van der Waals surface area (Å²) >= 11 is 0. The van der Waals surface area contributed by atoms with Crippen molar-refractivity contribution in [3.8, 4) is 0 Å². The van der Waals surface area contributed by atoms with Crippen LogP contribution in [-0.4, -0.2) is 34.9 Å². The maximum absolute atomic E-state index is 11.6. The molecule has 0 aromatic rings. The molecule has 2 rings (SSSR count). The maximum atomic E-state index is 11.6. The summed E-state index contributed by atoms with van der Waals surface area (Å²) in [4.78, 5) is 11.6. The van der Waals surface area contributed by atoms with Crippen LogP contribution < -0.4 is 5.32 Å². The standard InChI is InChI=1S/C12H21NO3/c1-8-3-9(2)5-11(4-8,10(14)15)12(16)6-13-7-12/h8-9,13,16H,3-7H2,1-2H3,(H,14,15). The van der Waals surface area contributed by atoms with Crippen LogP contribution in [0.3, 0.4) is 0 Å². The van der Waals surface area contributed by atoms with Gasteiger partial charge in [0, 0.05) is 13.1 Å². The van der Waals surface area contributed by atoms with E-state index in [4.69, 9.17) is 0 Å². The summed E-state index contributed by atoms with van der Waals surface area (Å²) in [6, 6.07) is 0. The lowest BCUT2D eigenvalue weighted by molar-refractivity contribution is -0.190. The molecule has 0 radical (unpaired) electrons. The molecular formula is C12H21NO3. The van der Waals surface area contributed by atoms with E-state index in [1.165, 1.54) is 0 Å². The van der Waals surface area contributed by atoms with Crippen LogP contribution in [0.15, 0.2) is 0 Å². The number of carboxylic acid groups (broad SMARTS) is 1. The average molecular weight is 227 g/mol. The van der Waals surface area contributed by atoms with Gasteiger partial charge in [0.1, 0.15) is 5.60 Å². The number of hydrogen-bond donors (Lipinski definition) is 3. The zero-order valence-electron chi connectivity index (χ0n) is 9.99. The summed E-state index contributed by atoms with van der Waals surface area (Å²) in [5.41, 5.74) is -1.98. The van der Waals surface area contributed by atoms with Gasteiger partial charge < -0.3 is 15.5 Å². The van der Waals surface area contributed by atoms with Crippen LogP contribution in [0, 0.1) is 17.3 Å². The third-order valence-corrected chi connectivity index (χ3v) is 4.33. The molecule has 4 nitrogen and oxygen atoms in total. The molecule has 92 valence electrons. The molecule has 0 spiro atoms. The zero-order chi connectivity index (χ0) is 12.0. The highest BCUT2D eigenvalue weighted by Crippen LogP contribution is 2.50. The Morgan fingerprint density at radius 1 is 1.25 bits per heavy atom. The highest BCUT2D eigenvalue weighted by atomic mass is 16.4. The van der Waals surface area contributed by atoms with Gasteiger partial charge in [-0.05, 0) is 31.1 Å². The molecule has 1 aliphatic heterocycles. The number of carboxylic acids is 1. The first kappa shape index (κ1) is 11.9. The fourth-order valence-corrected chi connectivity index (χ4v) is 3.58. The first-order chi connectivity index (χ1) is 7.40. The largest absolute Gasteiger partial charge is 0.481 e. The number of aliphatic hydroxyl groups is 1. The van der Waals surface area contributed by atoms with Crippen LogP contribution in [0.5, 0.6) is 0 Å². The Labute approximate surface area is 96.0 Å². The Hall–Kier alpha value is -0.610. The van der Waals surface area contributed by atoms with Gasteiger partial charge in [-0.1, -0.05) is 13.8 Å². The van der Waals surface area contributed by atoms with Crippen LogP contribution in [0.25, 0.3) is 0 Å². The average Bonchev–Trinajstić information content (AvgIpc) is 2.11. The zero-order valence-corrected chi connectivity index (χ0v) is 9.99. The summed E-state index contributed by atoms with van der Waals surface area (Å²) in [6.07, 6.45) is 2.27. The van der Waals surface area contributed by atoms with Crippen molar-refractivity contribution in [1.82, 2.24) is 5.32 Å². The van der Waals surface area contributed by atoms with Crippen LogP contribution in [0.4, 0.5) is 0 Å². The third-order valence-electron chi connectivity index (χ3n) is 4.33. The second kappa shape index (κ2) is 3.70. The second-order valence-corrected chi connectivity index (χ2v) is 5.88. The van der Waals surface area contributed by atoms with Gasteiger partial charge in [0.15, 0.2) is 0 Å². The van der Waals surface area contributed by atoms with Crippen molar-refractivity contribution in [2.75, 3.05) is 13.1 Å². The Balaban J connectivity index is 2.31. The number of β-amino-alcohol motifs (C(OH)–C–C–N with tert-alkyl or cyclic N) is 1. The molecule has 2 unspecified atom stereocenters. The van der Waals surface area contributed by atoms with E-state index in [-0.39, 0.29) is 0 Å². The number of rotatable bonds is 2. The van der Waals surface area contributed by atoms with E-state index in [1.807, 2.05) is 0 Å². The number of nitrogens with one attached hydrogen (secondary N) is 1. The molecule has 2 aliphatic rings. The lowest BCUT2D eigenvalue weighted by atomic mass is 9.56. The number of hydrogen-bond acceptors (Lipinski definition) is 3. The molecule has 1 heterocycles. The number of carbonyl (C=O) groups is 1. The molecule has 2 fully saturated rings. The van der Waals surface area contributed by atoms with Crippen molar-refractivity contribution < 1.29 is 15.0 Å². The van der Waals surface area contributed by atoms with Crippen molar-refractivity contribution in [2.45, 2.75) is 38.7 Å². The van der Waals surface area contributed by atoms with Crippen molar-refractivity contribution >= 4 is 5.97 Å². The molecule has 0 bridgehead atoms. The monoisotopic (exact) mass is 227 g/mol. The van der Waals surface area contributed by atoms with E-state index in [2.05, 4.69) is 19.2 Å². The summed E-state index contributed by atoms with van der Waals surface area (Å²) in [5.74, 6) is -0.0659. The fraction of sp³-hybridized carbons (Fsp3) is 0.917. The highest BCUT2D eigenvalue weighted by Gasteiger charge is 2.60. The molecule has 1 aliphatic carbocycles. The SMILES string of the molecule is CC1CC(C)CC(C(=O)O)(C2(O)CNC2)C1. The van der Waals surface area contributed by atoms with Crippen molar-refractivity contribution in [1.29, 1.82) is 0 Å². The highest BCUT2D eigenvalue weighted by molar-refractivity contribution is 5.77. The van der Waals surface area contributed by atoms with Gasteiger partial charge in [0.25, 0.3) is 0 Å². The van der Waals surface area contributed by atoms with E-state index < -0.39 is 17.0 Å². The van der Waals surface area contributed by atoms with Crippen LogP contribution >= 0.6 is 0 Å². The van der Waals surface area contributed by atoms with E-state index in [0.29, 0.717) is 37.8 Å². The lowest BCUT2D eigenvalue weighted by Crippen LogP contribution is -2.71. The first-order valence-electron chi connectivity index (χ1n) is 6.06. The normalized spacial score (nSPS) is 42.4. The minimum absolute atomic E-state index is 0.379. The van der Waals surface area contributed by atoms with Gasteiger partial charge >= 0.3 is 5.97 Å². The first-order valence-corrected chi connectivity index (χ1v) is 6.06. The topological polar surface area (TPSA) is 69.6 Å². The molecule has 1 saturated heterocycles. The van der Waals surface area contributed by atoms with Gasteiger partial charge in [-0.15, -0.1) is 0 Å². The molecule has 0 aromatic carbocycles. The number of aliphatic carboxylic acids is 1. The predicted molar refractivity (Wildman–Crippen MR) is 60.1 cm³/mol. The summed E-state index contributed by atoms with van der Waals surface area (Å²) in [7, 11) is 0. The van der Waals surface area contributed by atoms with Crippen molar-refractivity contribution in [2.24, 2.45) is 17.3 Å². The van der Waals surface area contributed by atoms with Crippen LogP contribution in [0.2, 0.25) is 0 Å². The fourth-order valence-electron chi connectivity index (χ4n) is 3.58. The van der Waals surface area contributed by atoms with E-state index >= 15 is 0 Å². The molecule has 4 heteroatoms. The quantitative estimate of drug-likeness (QED) is 0.654. The molecule has 3 N–H and O–H groups in total. The summed E-state index contributed by atoms with van der Waals surface area (Å²) < 4.78 is 0. The molecule has 16 heavy (non-hydrogen) atoms. The minimum Gasteiger partial charge on any atom is -0.481 e. The Kier molecular flexibility index (Phi) is 2.75. The molecule has 0 amide bonds. The molecular weight excluding hydrogens is 206 g/mol. The molecule has 1 saturated carbocycles. The second-order valence-electron chi connectivity index (χ2n) is 5.88. The van der Waals surface area contributed by atoms with Gasteiger partial charge in [-0.3, -0.25) is 4.79 Å². The smallest absolute Gasteiger partial charge is 0.312 e. The van der Waals surface area contributed by atoms with E-state index in [1.54, 1.807) is 0 Å². The Morgan fingerprint density at radius 3 is 2.06 bits per heavy atom. The molecule has 0 aromatic heterocycles. The Bertz CT molecular complexity index is 289. The Morgan fingerprint density at radius 2 is 1.75 bits per heavy atom. The van der Waals surface area contributed by atoms with E-state index in [0.717, 1.165) is 6.42 Å². The predicted octanol–water partition coefficient (Wildman–Crippen LogP) is 0.848. The van der Waals surface area contributed by atoms with Crippen molar-refractivity contribution in [3.05, 3.63) is 0 Å². The summed E-state index contributed by atoms with van der Waals surface area (Å²) in [5, 5.41) is 23.0. The third kappa shape index (κ3) is 1.55. The van der Waals surface area contributed by atoms with Crippen LogP contribution in [-0.2, 0) is 4.79 Å². The lowest BCUT2D eigenvalue weighted by Gasteiger charge is -2.54. The van der Waals surface area contributed by atoms with Gasteiger partial charge in [0.05, 0.1) is 5.41 Å². The van der Waals surface area contributed by atoms with E-state index in [9.17, 15) is 15.0 Å². The van der Waals surface area contributed by atoms with Gasteiger partial charge in [-0.25, -0.2) is 0 Å². The van der Waals surface area contributed by atoms with Crippen molar-refractivity contribution in [3.63, 3.8) is 0 Å².